The lowest BCUT2D eigenvalue weighted by Crippen LogP contribution is -2.52. The highest BCUT2D eigenvalue weighted by Crippen LogP contribution is 2.58. The van der Waals surface area contributed by atoms with Gasteiger partial charge in [0.1, 0.15) is 0 Å². The van der Waals surface area contributed by atoms with Gasteiger partial charge in [-0.25, -0.2) is 4.79 Å². The normalized spacial score (nSPS) is 31.2. The Balaban J connectivity index is 1.58. The zero-order valence-corrected chi connectivity index (χ0v) is 12.8. The molecule has 5 rings (SSSR count). The van der Waals surface area contributed by atoms with Crippen molar-refractivity contribution in [1.29, 1.82) is 0 Å². The number of hydrogen-bond donors (Lipinski definition) is 0. The maximum atomic E-state index is 11.9. The Kier molecular flexibility index (Phi) is 2.63. The lowest BCUT2D eigenvalue weighted by molar-refractivity contribution is -0.146. The molecule has 3 nitrogen and oxygen atoms in total. The minimum atomic E-state index is -0.460. The molecule has 0 saturated carbocycles. The van der Waals surface area contributed by atoms with Crippen LogP contribution >= 0.6 is 0 Å². The van der Waals surface area contributed by atoms with E-state index in [1.807, 2.05) is 30.3 Å². The van der Waals surface area contributed by atoms with E-state index in [4.69, 9.17) is 4.74 Å². The van der Waals surface area contributed by atoms with Gasteiger partial charge in [0.15, 0.2) is 5.60 Å². The Morgan fingerprint density at radius 3 is 2.91 bits per heavy atom. The van der Waals surface area contributed by atoms with E-state index in [1.165, 1.54) is 18.4 Å². The van der Waals surface area contributed by atoms with Crippen LogP contribution in [-0.2, 0) is 9.53 Å². The fourth-order valence-corrected chi connectivity index (χ4v) is 4.52. The third kappa shape index (κ3) is 1.67. The molecule has 3 aliphatic heterocycles. The molecule has 0 amide bonds. The van der Waals surface area contributed by atoms with Crippen molar-refractivity contribution in [1.82, 2.24) is 4.90 Å². The number of hydrogen-bond acceptors (Lipinski definition) is 3. The van der Waals surface area contributed by atoms with Crippen molar-refractivity contribution in [2.75, 3.05) is 13.1 Å². The average molecular weight is 303 g/mol. The Morgan fingerprint density at radius 1 is 1.17 bits per heavy atom. The van der Waals surface area contributed by atoms with Crippen LogP contribution in [0, 0.1) is 11.8 Å². The average Bonchev–Trinajstić information content (AvgIpc) is 3.03. The van der Waals surface area contributed by atoms with Crippen LogP contribution in [0.5, 0.6) is 0 Å². The second kappa shape index (κ2) is 4.59. The van der Waals surface area contributed by atoms with Crippen LogP contribution in [-0.4, -0.2) is 35.6 Å². The summed E-state index contributed by atoms with van der Waals surface area (Å²) in [6, 6.07) is 10.3. The molecular weight excluding hydrogens is 286 g/mol. The second-order valence-corrected chi connectivity index (χ2v) is 6.67. The highest BCUT2D eigenvalue weighted by atomic mass is 16.6. The van der Waals surface area contributed by atoms with E-state index in [-0.39, 0.29) is 5.97 Å². The summed E-state index contributed by atoms with van der Waals surface area (Å²) in [5.41, 5.74) is 3.83. The molecule has 1 spiro atoms. The van der Waals surface area contributed by atoms with Crippen molar-refractivity contribution in [3.05, 3.63) is 58.7 Å². The zero-order chi connectivity index (χ0) is 15.4. The van der Waals surface area contributed by atoms with E-state index in [2.05, 4.69) is 16.7 Å². The molecule has 3 heterocycles. The van der Waals surface area contributed by atoms with Gasteiger partial charge in [0, 0.05) is 34.9 Å². The maximum absolute atomic E-state index is 11.9. The van der Waals surface area contributed by atoms with Crippen molar-refractivity contribution in [3.63, 3.8) is 0 Å². The molecule has 3 heteroatoms. The highest BCUT2D eigenvalue weighted by molar-refractivity contribution is 5.94. The van der Waals surface area contributed by atoms with Crippen LogP contribution in [0.4, 0.5) is 0 Å². The van der Waals surface area contributed by atoms with Crippen molar-refractivity contribution < 1.29 is 9.53 Å². The molecule has 0 radical (unpaired) electrons. The molecule has 114 valence electrons. The van der Waals surface area contributed by atoms with Crippen molar-refractivity contribution in [2.45, 2.75) is 30.9 Å². The first kappa shape index (κ1) is 13.2. The molecule has 2 atom stereocenters. The van der Waals surface area contributed by atoms with Gasteiger partial charge in [-0.1, -0.05) is 36.5 Å². The lowest BCUT2D eigenvalue weighted by Gasteiger charge is -2.43. The number of piperidine rings is 1. The summed E-state index contributed by atoms with van der Waals surface area (Å²) in [6.07, 6.45) is 5.22. The molecule has 2 fully saturated rings. The monoisotopic (exact) mass is 303 g/mol. The minimum absolute atomic E-state index is 0.207. The zero-order valence-electron chi connectivity index (χ0n) is 12.8. The number of fused-ring (bicyclic) bond motifs is 1. The number of benzene rings is 1. The number of ether oxygens (including phenoxy) is 1. The number of rotatable bonds is 0. The summed E-state index contributed by atoms with van der Waals surface area (Å²) in [7, 11) is 0. The van der Waals surface area contributed by atoms with Gasteiger partial charge in [-0.3, -0.25) is 4.90 Å². The Labute approximate surface area is 135 Å². The molecule has 0 N–H and O–H groups in total. The van der Waals surface area contributed by atoms with Gasteiger partial charge in [-0.15, -0.1) is 0 Å². The van der Waals surface area contributed by atoms with Gasteiger partial charge in [-0.2, -0.15) is 0 Å². The fourth-order valence-electron chi connectivity index (χ4n) is 4.52. The number of carbonyl (C=O) groups is 1. The fraction of sp³-hybridized carbons (Fsp3) is 0.350. The topological polar surface area (TPSA) is 29.5 Å². The van der Waals surface area contributed by atoms with Crippen LogP contribution in [0.25, 0.3) is 0 Å². The number of nitrogens with zero attached hydrogens (tertiary/aromatic N) is 1. The van der Waals surface area contributed by atoms with E-state index < -0.39 is 5.60 Å². The Morgan fingerprint density at radius 2 is 2.04 bits per heavy atom. The van der Waals surface area contributed by atoms with E-state index in [9.17, 15) is 4.79 Å². The Bertz CT molecular complexity index is 824. The third-order valence-corrected chi connectivity index (χ3v) is 5.49. The van der Waals surface area contributed by atoms with Gasteiger partial charge < -0.3 is 4.74 Å². The van der Waals surface area contributed by atoms with E-state index >= 15 is 0 Å². The van der Waals surface area contributed by atoms with Gasteiger partial charge in [0.25, 0.3) is 0 Å². The maximum Gasteiger partial charge on any atom is 0.332 e. The SMILES string of the molecule is O=C1C=C2C(C#Cc3ccccc3)=C3CN4CCCCC4[C@@]23O1. The molecule has 0 aromatic heterocycles. The molecule has 1 aromatic carbocycles. The van der Waals surface area contributed by atoms with E-state index in [0.717, 1.165) is 36.2 Å². The van der Waals surface area contributed by atoms with Crippen LogP contribution < -0.4 is 0 Å². The predicted molar refractivity (Wildman–Crippen MR) is 86.5 cm³/mol. The van der Waals surface area contributed by atoms with Crippen LogP contribution in [0.15, 0.2) is 53.1 Å². The summed E-state index contributed by atoms with van der Waals surface area (Å²) in [4.78, 5) is 14.4. The summed E-state index contributed by atoms with van der Waals surface area (Å²) < 4.78 is 5.82. The van der Waals surface area contributed by atoms with Crippen molar-refractivity contribution in [3.8, 4) is 11.8 Å². The summed E-state index contributed by atoms with van der Waals surface area (Å²) >= 11 is 0. The van der Waals surface area contributed by atoms with Gasteiger partial charge in [0.05, 0.1) is 6.04 Å². The van der Waals surface area contributed by atoms with E-state index in [0.29, 0.717) is 6.04 Å². The smallest absolute Gasteiger partial charge is 0.332 e. The molecule has 0 bridgehead atoms. The summed E-state index contributed by atoms with van der Waals surface area (Å²) in [5, 5.41) is 0. The molecular formula is C20H17NO2. The largest absolute Gasteiger partial charge is 0.445 e. The lowest BCUT2D eigenvalue weighted by atomic mass is 9.67. The highest BCUT2D eigenvalue weighted by Gasteiger charge is 2.66. The van der Waals surface area contributed by atoms with Crippen molar-refractivity contribution >= 4 is 5.97 Å². The molecule has 2 saturated heterocycles. The molecule has 1 unspecified atom stereocenters. The first-order valence-electron chi connectivity index (χ1n) is 8.29. The standard InChI is InChI=1S/C20H17NO2/c22-19-12-16-15(10-9-14-6-2-1-3-7-14)17-13-21-11-5-4-8-18(21)20(16,17)23-19/h1-3,6-7,12,18H,4-5,8,11,13H2/t18?,20-/m1/s1. The van der Waals surface area contributed by atoms with Crippen LogP contribution in [0.3, 0.4) is 0 Å². The van der Waals surface area contributed by atoms with E-state index in [1.54, 1.807) is 6.08 Å². The first-order valence-corrected chi connectivity index (χ1v) is 8.29. The quantitative estimate of drug-likeness (QED) is 0.544. The summed E-state index contributed by atoms with van der Waals surface area (Å²) in [5.74, 6) is 6.33. The second-order valence-electron chi connectivity index (χ2n) is 6.67. The summed E-state index contributed by atoms with van der Waals surface area (Å²) in [6.45, 7) is 1.99. The Hall–Kier alpha value is -2.31. The minimum Gasteiger partial charge on any atom is -0.445 e. The first-order chi connectivity index (χ1) is 11.3. The van der Waals surface area contributed by atoms with Gasteiger partial charge in [0.2, 0.25) is 0 Å². The van der Waals surface area contributed by atoms with Crippen molar-refractivity contribution in [2.24, 2.45) is 0 Å². The van der Waals surface area contributed by atoms with Crippen LogP contribution in [0.2, 0.25) is 0 Å². The molecule has 1 aliphatic carbocycles. The molecule has 23 heavy (non-hydrogen) atoms. The number of carbonyl (C=O) groups excluding carboxylic acids is 1. The van der Waals surface area contributed by atoms with Crippen LogP contribution in [0.1, 0.15) is 24.8 Å². The van der Waals surface area contributed by atoms with Gasteiger partial charge >= 0.3 is 5.97 Å². The van der Waals surface area contributed by atoms with Gasteiger partial charge in [-0.05, 0) is 31.5 Å². The molecule has 1 aromatic rings. The number of esters is 1. The predicted octanol–water partition coefficient (Wildman–Crippen LogP) is 2.44. The third-order valence-electron chi connectivity index (χ3n) is 5.49. The molecule has 4 aliphatic rings.